The highest BCUT2D eigenvalue weighted by Gasteiger charge is 2.25. The number of carbonyl (C=O) groups is 1. The Hall–Kier alpha value is -1.20. The van der Waals surface area contributed by atoms with Crippen LogP contribution in [0.15, 0.2) is 12.4 Å². The first-order valence-corrected chi connectivity index (χ1v) is 6.39. The number of piperidine rings is 1. The largest absolute Gasteiger partial charge is 0.337 e. The molecule has 0 N–H and O–H groups in total. The van der Waals surface area contributed by atoms with E-state index >= 15 is 0 Å². The van der Waals surface area contributed by atoms with Gasteiger partial charge in [-0.3, -0.25) is 9.78 Å². The first kappa shape index (κ1) is 13.2. The number of hydrogen-bond donors (Lipinski definition) is 0. The van der Waals surface area contributed by atoms with Crippen LogP contribution in [0.3, 0.4) is 0 Å². The molecule has 2 heterocycles. The zero-order chi connectivity index (χ0) is 13.1. The molecule has 1 fully saturated rings. The lowest BCUT2D eigenvalue weighted by atomic mass is 10.0. The molecule has 1 aliphatic rings. The van der Waals surface area contributed by atoms with Crippen LogP contribution in [0.4, 0.5) is 0 Å². The van der Waals surface area contributed by atoms with Crippen LogP contribution < -0.4 is 0 Å². The molecule has 1 aromatic rings. The molecular formula is C12H17ClN4O. The highest BCUT2D eigenvalue weighted by atomic mass is 35.5. The van der Waals surface area contributed by atoms with Crippen LogP contribution >= 0.6 is 11.6 Å². The standard InChI is InChI=1S/C12H17ClN4O/c1-16-5-3-9(4-6-16)17(2)12(18)10-7-14-8-11(13)15-10/h7-9H,3-6H2,1-2H3. The summed E-state index contributed by atoms with van der Waals surface area (Å²) < 4.78 is 0. The summed E-state index contributed by atoms with van der Waals surface area (Å²) in [5, 5.41) is 0.248. The predicted molar refractivity (Wildman–Crippen MR) is 69.7 cm³/mol. The van der Waals surface area contributed by atoms with E-state index in [1.165, 1.54) is 12.4 Å². The third-order valence-corrected chi connectivity index (χ3v) is 3.56. The van der Waals surface area contributed by atoms with Crippen LogP contribution in [0.2, 0.25) is 5.15 Å². The van der Waals surface area contributed by atoms with Gasteiger partial charge in [0.15, 0.2) is 0 Å². The van der Waals surface area contributed by atoms with Crippen LogP contribution in [0.25, 0.3) is 0 Å². The normalized spacial score (nSPS) is 17.7. The molecule has 0 radical (unpaired) electrons. The van der Waals surface area contributed by atoms with Gasteiger partial charge in [-0.15, -0.1) is 0 Å². The predicted octanol–water partition coefficient (Wildman–Crippen LogP) is 1.30. The zero-order valence-corrected chi connectivity index (χ0v) is 11.4. The van der Waals surface area contributed by atoms with Crippen LogP contribution in [0, 0.1) is 0 Å². The quantitative estimate of drug-likeness (QED) is 0.811. The van der Waals surface area contributed by atoms with Gasteiger partial charge in [0.05, 0.1) is 12.4 Å². The second-order valence-corrected chi connectivity index (χ2v) is 5.06. The van der Waals surface area contributed by atoms with E-state index in [4.69, 9.17) is 11.6 Å². The minimum atomic E-state index is -0.112. The van der Waals surface area contributed by atoms with Crippen LogP contribution in [0.5, 0.6) is 0 Å². The summed E-state index contributed by atoms with van der Waals surface area (Å²) in [5.41, 5.74) is 0.309. The fourth-order valence-electron chi connectivity index (χ4n) is 2.17. The Balaban J connectivity index is 2.04. The summed E-state index contributed by atoms with van der Waals surface area (Å²) in [7, 11) is 3.92. The molecule has 0 bridgehead atoms. The highest BCUT2D eigenvalue weighted by Crippen LogP contribution is 2.16. The summed E-state index contributed by atoms with van der Waals surface area (Å²) in [6.45, 7) is 2.03. The van der Waals surface area contributed by atoms with E-state index in [9.17, 15) is 4.79 Å². The zero-order valence-electron chi connectivity index (χ0n) is 10.6. The molecule has 0 spiro atoms. The average molecular weight is 269 g/mol. The lowest BCUT2D eigenvalue weighted by Crippen LogP contribution is -2.44. The van der Waals surface area contributed by atoms with Gasteiger partial charge in [-0.1, -0.05) is 11.6 Å². The molecule has 1 saturated heterocycles. The van der Waals surface area contributed by atoms with Crippen molar-refractivity contribution < 1.29 is 4.79 Å². The monoisotopic (exact) mass is 268 g/mol. The van der Waals surface area contributed by atoms with Crippen LogP contribution in [-0.4, -0.2) is 58.9 Å². The van der Waals surface area contributed by atoms with Gasteiger partial charge < -0.3 is 9.80 Å². The molecule has 98 valence electrons. The first-order valence-electron chi connectivity index (χ1n) is 6.01. The van der Waals surface area contributed by atoms with E-state index in [0.29, 0.717) is 5.69 Å². The third-order valence-electron chi connectivity index (χ3n) is 3.38. The molecule has 0 saturated carbocycles. The summed E-state index contributed by atoms with van der Waals surface area (Å²) in [6.07, 6.45) is 4.87. The fourth-order valence-corrected chi connectivity index (χ4v) is 2.32. The molecule has 0 atom stereocenters. The summed E-state index contributed by atoms with van der Waals surface area (Å²) >= 11 is 5.75. The molecule has 18 heavy (non-hydrogen) atoms. The molecule has 2 rings (SSSR count). The van der Waals surface area contributed by atoms with Crippen molar-refractivity contribution in [3.05, 3.63) is 23.2 Å². The maximum atomic E-state index is 12.2. The average Bonchev–Trinajstić information content (AvgIpc) is 2.38. The Morgan fingerprint density at radius 3 is 2.72 bits per heavy atom. The van der Waals surface area contributed by atoms with Crippen LogP contribution in [-0.2, 0) is 0 Å². The Bertz CT molecular complexity index is 432. The molecule has 1 aromatic heterocycles. The molecule has 0 aliphatic carbocycles. The van der Waals surface area contributed by atoms with E-state index in [0.717, 1.165) is 25.9 Å². The Morgan fingerprint density at radius 2 is 2.11 bits per heavy atom. The van der Waals surface area contributed by atoms with Crippen molar-refractivity contribution in [2.45, 2.75) is 18.9 Å². The van der Waals surface area contributed by atoms with Crippen molar-refractivity contribution >= 4 is 17.5 Å². The number of halogens is 1. The van der Waals surface area contributed by atoms with Gasteiger partial charge in [0.2, 0.25) is 0 Å². The van der Waals surface area contributed by atoms with E-state index in [2.05, 4.69) is 21.9 Å². The SMILES string of the molecule is CN1CCC(N(C)C(=O)c2cncc(Cl)n2)CC1. The van der Waals surface area contributed by atoms with E-state index in [-0.39, 0.29) is 17.1 Å². The van der Waals surface area contributed by atoms with Gasteiger partial charge in [-0.25, -0.2) is 4.98 Å². The number of rotatable bonds is 2. The molecule has 0 aromatic carbocycles. The van der Waals surface area contributed by atoms with Crippen molar-refractivity contribution in [1.82, 2.24) is 19.8 Å². The number of amides is 1. The lowest BCUT2D eigenvalue weighted by Gasteiger charge is -2.34. The second-order valence-electron chi connectivity index (χ2n) is 4.68. The number of hydrogen-bond acceptors (Lipinski definition) is 4. The number of likely N-dealkylation sites (tertiary alicyclic amines) is 1. The highest BCUT2D eigenvalue weighted by molar-refractivity contribution is 6.29. The van der Waals surface area contributed by atoms with Crippen molar-refractivity contribution in [2.24, 2.45) is 0 Å². The number of aromatic nitrogens is 2. The van der Waals surface area contributed by atoms with Gasteiger partial charge >= 0.3 is 0 Å². The molecule has 0 unspecified atom stereocenters. The molecule has 5 nitrogen and oxygen atoms in total. The lowest BCUT2D eigenvalue weighted by molar-refractivity contribution is 0.0653. The third kappa shape index (κ3) is 2.97. The topological polar surface area (TPSA) is 49.3 Å². The fraction of sp³-hybridized carbons (Fsp3) is 0.583. The maximum Gasteiger partial charge on any atom is 0.274 e. The Labute approximate surface area is 112 Å². The van der Waals surface area contributed by atoms with Gasteiger partial charge in [0.25, 0.3) is 5.91 Å². The van der Waals surface area contributed by atoms with Crippen molar-refractivity contribution in [3.8, 4) is 0 Å². The van der Waals surface area contributed by atoms with E-state index < -0.39 is 0 Å². The van der Waals surface area contributed by atoms with E-state index in [1.54, 1.807) is 4.90 Å². The maximum absolute atomic E-state index is 12.2. The van der Waals surface area contributed by atoms with Gasteiger partial charge in [0, 0.05) is 13.1 Å². The summed E-state index contributed by atoms with van der Waals surface area (Å²) in [6, 6.07) is 0.273. The smallest absolute Gasteiger partial charge is 0.274 e. The molecule has 1 aliphatic heterocycles. The molecular weight excluding hydrogens is 252 g/mol. The first-order chi connectivity index (χ1) is 8.58. The van der Waals surface area contributed by atoms with E-state index in [1.807, 2.05) is 7.05 Å². The number of carbonyl (C=O) groups excluding carboxylic acids is 1. The van der Waals surface area contributed by atoms with Gasteiger partial charge in [0.1, 0.15) is 10.8 Å². The summed E-state index contributed by atoms with van der Waals surface area (Å²) in [4.78, 5) is 24.2. The molecule has 1 amide bonds. The minimum absolute atomic E-state index is 0.112. The minimum Gasteiger partial charge on any atom is -0.337 e. The molecule has 6 heteroatoms. The van der Waals surface area contributed by atoms with Gasteiger partial charge in [-0.05, 0) is 33.0 Å². The Morgan fingerprint density at radius 1 is 1.44 bits per heavy atom. The second kappa shape index (κ2) is 5.63. The Kier molecular flexibility index (Phi) is 4.14. The van der Waals surface area contributed by atoms with Gasteiger partial charge in [-0.2, -0.15) is 0 Å². The number of nitrogens with zero attached hydrogens (tertiary/aromatic N) is 4. The van der Waals surface area contributed by atoms with Crippen molar-refractivity contribution in [2.75, 3.05) is 27.2 Å². The summed E-state index contributed by atoms with van der Waals surface area (Å²) in [5.74, 6) is -0.112. The van der Waals surface area contributed by atoms with Crippen LogP contribution in [0.1, 0.15) is 23.3 Å². The van der Waals surface area contributed by atoms with Crippen molar-refractivity contribution in [3.63, 3.8) is 0 Å². The van der Waals surface area contributed by atoms with Crippen molar-refractivity contribution in [1.29, 1.82) is 0 Å².